The lowest BCUT2D eigenvalue weighted by Gasteiger charge is -2.22. The topological polar surface area (TPSA) is 158 Å². The van der Waals surface area contributed by atoms with Crippen LogP contribution in [0.25, 0.3) is 0 Å². The predicted octanol–water partition coefficient (Wildman–Crippen LogP) is -0.286. The van der Waals surface area contributed by atoms with Gasteiger partial charge in [0, 0.05) is 6.54 Å². The molecule has 0 rings (SSSR count). The van der Waals surface area contributed by atoms with Gasteiger partial charge in [0.05, 0.1) is 46.1 Å². The Morgan fingerprint density at radius 2 is 1.19 bits per heavy atom. The van der Waals surface area contributed by atoms with Gasteiger partial charge in [-0.3, -0.25) is 19.4 Å². The number of carboxylic acids is 2. The summed E-state index contributed by atoms with van der Waals surface area (Å²) in [6, 6.07) is 0. The molecule has 0 amide bonds. The zero-order valence-corrected chi connectivity index (χ0v) is 14.2. The lowest BCUT2D eigenvalue weighted by atomic mass is 10.4. The molecule has 0 atom stereocenters. The zero-order chi connectivity index (χ0) is 19.9. The summed E-state index contributed by atoms with van der Waals surface area (Å²) in [4.78, 5) is 31.5. The standard InChI is InChI=1S/C14H24N2O10/c1-11(25-21)16(12(2)26-22)4-6-24-8-7-23-5-3-15(9-13(17)18)10-14(19)20/h21-22H,1-10H2,(H,17,18)(H,19,20). The third-order valence-corrected chi connectivity index (χ3v) is 2.91. The van der Waals surface area contributed by atoms with Gasteiger partial charge in [0.2, 0.25) is 11.8 Å². The summed E-state index contributed by atoms with van der Waals surface area (Å²) in [5.41, 5.74) is 0. The van der Waals surface area contributed by atoms with Gasteiger partial charge in [-0.2, -0.15) is 0 Å². The van der Waals surface area contributed by atoms with Crippen LogP contribution in [0.2, 0.25) is 0 Å². The SMILES string of the molecule is C=C(OO)N(CCOCCOCCN(CC(=O)O)CC(=O)O)C(=C)OO. The number of carbonyl (C=O) groups is 2. The third kappa shape index (κ3) is 11.2. The summed E-state index contributed by atoms with van der Waals surface area (Å²) in [5.74, 6) is -2.69. The van der Waals surface area contributed by atoms with Crippen molar-refractivity contribution in [3.05, 3.63) is 24.9 Å². The molecule has 0 radical (unpaired) electrons. The minimum atomic E-state index is -1.12. The van der Waals surface area contributed by atoms with Crippen molar-refractivity contribution in [2.45, 2.75) is 0 Å². The van der Waals surface area contributed by atoms with Gasteiger partial charge < -0.3 is 29.5 Å². The number of rotatable bonds is 17. The highest BCUT2D eigenvalue weighted by atomic mass is 17.1. The first-order chi connectivity index (χ1) is 12.3. The Hall–Kier alpha value is -2.38. The van der Waals surface area contributed by atoms with Crippen LogP contribution in [0.5, 0.6) is 0 Å². The molecule has 12 nitrogen and oxygen atoms in total. The van der Waals surface area contributed by atoms with Crippen LogP contribution in [0.3, 0.4) is 0 Å². The first kappa shape index (κ1) is 23.6. The van der Waals surface area contributed by atoms with Crippen molar-refractivity contribution < 1.29 is 49.6 Å². The van der Waals surface area contributed by atoms with Gasteiger partial charge in [-0.25, -0.2) is 10.5 Å². The molecule has 0 heterocycles. The van der Waals surface area contributed by atoms with Gasteiger partial charge in [0.1, 0.15) is 0 Å². The summed E-state index contributed by atoms with van der Waals surface area (Å²) in [6.07, 6.45) is 0. The molecule has 0 aromatic carbocycles. The Morgan fingerprint density at radius 3 is 1.58 bits per heavy atom. The summed E-state index contributed by atoms with van der Waals surface area (Å²) in [5, 5.41) is 34.5. The van der Waals surface area contributed by atoms with E-state index in [1.165, 1.54) is 4.90 Å². The highest BCUT2D eigenvalue weighted by Crippen LogP contribution is 2.10. The molecule has 0 aromatic heterocycles. The molecule has 0 aliphatic rings. The Balaban J connectivity index is 3.91. The molecule has 0 aliphatic heterocycles. The first-order valence-corrected chi connectivity index (χ1v) is 7.41. The van der Waals surface area contributed by atoms with E-state index in [1.54, 1.807) is 0 Å². The Labute approximate surface area is 149 Å². The molecule has 0 unspecified atom stereocenters. The fourth-order valence-corrected chi connectivity index (χ4v) is 1.76. The highest BCUT2D eigenvalue weighted by Gasteiger charge is 2.15. The minimum absolute atomic E-state index is 0.115. The largest absolute Gasteiger partial charge is 0.480 e. The van der Waals surface area contributed by atoms with Crippen LogP contribution < -0.4 is 0 Å². The molecule has 0 saturated carbocycles. The lowest BCUT2D eigenvalue weighted by molar-refractivity contribution is -0.252. The van der Waals surface area contributed by atoms with Crippen molar-refractivity contribution in [2.75, 3.05) is 52.6 Å². The molecule has 0 spiro atoms. The quantitative estimate of drug-likeness (QED) is 0.113. The van der Waals surface area contributed by atoms with Crippen LogP contribution in [-0.4, -0.2) is 95.1 Å². The number of hydrogen-bond acceptors (Lipinski definition) is 10. The number of carboxylic acid groups (broad SMARTS) is 2. The van der Waals surface area contributed by atoms with Crippen molar-refractivity contribution in [2.24, 2.45) is 0 Å². The average Bonchev–Trinajstić information content (AvgIpc) is 2.58. The van der Waals surface area contributed by atoms with E-state index in [1.807, 2.05) is 0 Å². The minimum Gasteiger partial charge on any atom is -0.480 e. The zero-order valence-electron chi connectivity index (χ0n) is 14.2. The Kier molecular flexibility index (Phi) is 12.6. The Morgan fingerprint density at radius 1 is 0.769 bits per heavy atom. The van der Waals surface area contributed by atoms with E-state index in [9.17, 15) is 9.59 Å². The van der Waals surface area contributed by atoms with E-state index < -0.39 is 25.0 Å². The van der Waals surface area contributed by atoms with Crippen molar-refractivity contribution in [1.29, 1.82) is 0 Å². The molecule has 0 aromatic rings. The van der Waals surface area contributed by atoms with E-state index in [0.29, 0.717) is 0 Å². The van der Waals surface area contributed by atoms with Gasteiger partial charge in [0.15, 0.2) is 0 Å². The number of aliphatic carboxylic acids is 2. The van der Waals surface area contributed by atoms with Crippen LogP contribution in [0.15, 0.2) is 24.9 Å². The van der Waals surface area contributed by atoms with E-state index in [0.717, 1.165) is 4.90 Å². The molecule has 12 heteroatoms. The summed E-state index contributed by atoms with van der Waals surface area (Å²) in [7, 11) is 0. The second-order valence-corrected chi connectivity index (χ2v) is 4.84. The molecule has 0 fully saturated rings. The van der Waals surface area contributed by atoms with Crippen LogP contribution in [0, 0.1) is 0 Å². The van der Waals surface area contributed by atoms with Gasteiger partial charge in [-0.15, -0.1) is 0 Å². The van der Waals surface area contributed by atoms with Crippen LogP contribution in [0.1, 0.15) is 0 Å². The second-order valence-electron chi connectivity index (χ2n) is 4.84. The molecular weight excluding hydrogens is 356 g/mol. The maximum absolute atomic E-state index is 10.6. The van der Waals surface area contributed by atoms with Crippen molar-refractivity contribution in [3.63, 3.8) is 0 Å². The molecule has 0 saturated heterocycles. The van der Waals surface area contributed by atoms with Gasteiger partial charge in [0.25, 0.3) is 0 Å². The first-order valence-electron chi connectivity index (χ1n) is 7.41. The average molecular weight is 380 g/mol. The third-order valence-electron chi connectivity index (χ3n) is 2.91. The second kappa shape index (κ2) is 13.9. The van der Waals surface area contributed by atoms with E-state index in [4.69, 9.17) is 30.2 Å². The lowest BCUT2D eigenvalue weighted by Crippen LogP contribution is -2.37. The van der Waals surface area contributed by atoms with Gasteiger partial charge in [-0.05, 0) is 13.2 Å². The Bertz CT molecular complexity index is 439. The number of hydrogen-bond donors (Lipinski definition) is 4. The maximum atomic E-state index is 10.6. The van der Waals surface area contributed by atoms with Crippen molar-refractivity contribution in [1.82, 2.24) is 9.80 Å². The summed E-state index contributed by atoms with van der Waals surface area (Å²) in [6.45, 7) is 6.89. The molecular formula is C14H24N2O10. The molecule has 0 bridgehead atoms. The van der Waals surface area contributed by atoms with E-state index >= 15 is 0 Å². The fourth-order valence-electron chi connectivity index (χ4n) is 1.76. The summed E-state index contributed by atoms with van der Waals surface area (Å²) < 4.78 is 10.5. The van der Waals surface area contributed by atoms with E-state index in [2.05, 4.69) is 22.9 Å². The molecule has 0 aliphatic carbocycles. The monoisotopic (exact) mass is 380 g/mol. The van der Waals surface area contributed by atoms with Gasteiger partial charge >= 0.3 is 11.9 Å². The molecule has 150 valence electrons. The van der Waals surface area contributed by atoms with Crippen molar-refractivity contribution >= 4 is 11.9 Å². The smallest absolute Gasteiger partial charge is 0.317 e. The van der Waals surface area contributed by atoms with Crippen LogP contribution in [0.4, 0.5) is 0 Å². The van der Waals surface area contributed by atoms with E-state index in [-0.39, 0.29) is 51.3 Å². The fraction of sp³-hybridized carbons (Fsp3) is 0.571. The molecule has 26 heavy (non-hydrogen) atoms. The van der Waals surface area contributed by atoms with Crippen LogP contribution >= 0.6 is 0 Å². The highest BCUT2D eigenvalue weighted by molar-refractivity contribution is 5.72. The number of nitrogens with zero attached hydrogens (tertiary/aromatic N) is 2. The molecule has 4 N–H and O–H groups in total. The summed E-state index contributed by atoms with van der Waals surface area (Å²) >= 11 is 0. The van der Waals surface area contributed by atoms with Crippen LogP contribution in [-0.2, 0) is 28.8 Å². The normalized spacial score (nSPS) is 10.4. The van der Waals surface area contributed by atoms with Crippen molar-refractivity contribution in [3.8, 4) is 0 Å². The predicted molar refractivity (Wildman–Crippen MR) is 85.8 cm³/mol. The number of ether oxygens (including phenoxy) is 2. The maximum Gasteiger partial charge on any atom is 0.317 e. The van der Waals surface area contributed by atoms with Gasteiger partial charge in [-0.1, -0.05) is 0 Å².